The highest BCUT2D eigenvalue weighted by atomic mass is 32.2. The summed E-state index contributed by atoms with van der Waals surface area (Å²) in [5.41, 5.74) is 0.240. The van der Waals surface area contributed by atoms with Crippen molar-refractivity contribution in [3.63, 3.8) is 0 Å². The molecule has 0 heterocycles. The van der Waals surface area contributed by atoms with Gasteiger partial charge in [-0.1, -0.05) is 18.2 Å². The molecule has 0 atom stereocenters. The molecule has 1 rings (SSSR count). The Morgan fingerprint density at radius 1 is 1.19 bits per heavy atom. The number of imide groups is 1. The number of hydrogen-bond acceptors (Lipinski definition) is 6. The number of hydrogen-bond donors (Lipinski definition) is 3. The first-order chi connectivity index (χ1) is 12.8. The van der Waals surface area contributed by atoms with E-state index < -0.39 is 24.5 Å². The van der Waals surface area contributed by atoms with E-state index in [9.17, 15) is 19.2 Å². The standard InChI is InChI=1S/C18H23N3O5S/c1-4-9-19-18(25)21-15(22)10-26-17(24)13-7-5-6-8-14(13)27-11-16(23)20-12(2)3/h4-8,12H,1,9-11H2,2-3H3,(H,20,23)(H2,19,21,22,25). The molecule has 8 nitrogen and oxygen atoms in total. The summed E-state index contributed by atoms with van der Waals surface area (Å²) in [4.78, 5) is 47.5. The third-order valence-electron chi connectivity index (χ3n) is 2.91. The molecule has 0 aromatic heterocycles. The van der Waals surface area contributed by atoms with Crippen LogP contribution in [0.5, 0.6) is 0 Å². The lowest BCUT2D eigenvalue weighted by Gasteiger charge is -2.11. The molecule has 0 radical (unpaired) electrons. The molecule has 0 saturated heterocycles. The van der Waals surface area contributed by atoms with Crippen LogP contribution in [0.2, 0.25) is 0 Å². The van der Waals surface area contributed by atoms with Crippen molar-refractivity contribution in [1.82, 2.24) is 16.0 Å². The van der Waals surface area contributed by atoms with Crippen molar-refractivity contribution in [1.29, 1.82) is 0 Å². The summed E-state index contributed by atoms with van der Waals surface area (Å²) in [6.45, 7) is 6.74. The van der Waals surface area contributed by atoms with Gasteiger partial charge >= 0.3 is 12.0 Å². The van der Waals surface area contributed by atoms with Crippen molar-refractivity contribution in [2.45, 2.75) is 24.8 Å². The maximum Gasteiger partial charge on any atom is 0.339 e. The van der Waals surface area contributed by atoms with Gasteiger partial charge in [0.2, 0.25) is 5.91 Å². The van der Waals surface area contributed by atoms with Crippen LogP contribution in [0.4, 0.5) is 4.79 Å². The van der Waals surface area contributed by atoms with E-state index in [1.54, 1.807) is 24.3 Å². The van der Waals surface area contributed by atoms with Crippen molar-refractivity contribution in [3.8, 4) is 0 Å². The van der Waals surface area contributed by atoms with Crippen LogP contribution in [0.3, 0.4) is 0 Å². The van der Waals surface area contributed by atoms with Crippen molar-refractivity contribution in [2.24, 2.45) is 0 Å². The molecule has 146 valence electrons. The van der Waals surface area contributed by atoms with Gasteiger partial charge in [-0.15, -0.1) is 18.3 Å². The average Bonchev–Trinajstić information content (AvgIpc) is 2.62. The minimum absolute atomic E-state index is 0.0282. The normalized spacial score (nSPS) is 10.0. The van der Waals surface area contributed by atoms with Gasteiger partial charge in [0.15, 0.2) is 6.61 Å². The number of carbonyl (C=O) groups excluding carboxylic acids is 4. The predicted octanol–water partition coefficient (Wildman–Crippen LogP) is 1.47. The maximum atomic E-state index is 12.2. The Morgan fingerprint density at radius 2 is 1.89 bits per heavy atom. The lowest BCUT2D eigenvalue weighted by Crippen LogP contribution is -2.41. The summed E-state index contributed by atoms with van der Waals surface area (Å²) in [5.74, 6) is -1.48. The molecule has 27 heavy (non-hydrogen) atoms. The summed E-state index contributed by atoms with van der Waals surface area (Å²) in [5, 5.41) is 7.15. The molecule has 1 aromatic carbocycles. The van der Waals surface area contributed by atoms with E-state index in [4.69, 9.17) is 4.74 Å². The molecule has 0 fully saturated rings. The Morgan fingerprint density at radius 3 is 2.56 bits per heavy atom. The molecule has 0 bridgehead atoms. The Bertz CT molecular complexity index is 706. The number of nitrogens with one attached hydrogen (secondary N) is 3. The lowest BCUT2D eigenvalue weighted by molar-refractivity contribution is -0.123. The molecule has 4 amide bonds. The van der Waals surface area contributed by atoms with E-state index in [1.807, 2.05) is 19.2 Å². The molecule has 0 saturated carbocycles. The Kier molecular flexibility index (Phi) is 9.66. The number of rotatable bonds is 9. The van der Waals surface area contributed by atoms with Gasteiger partial charge in [-0.3, -0.25) is 14.9 Å². The van der Waals surface area contributed by atoms with E-state index in [-0.39, 0.29) is 29.8 Å². The third kappa shape index (κ3) is 8.91. The number of esters is 1. The number of benzene rings is 1. The van der Waals surface area contributed by atoms with E-state index >= 15 is 0 Å². The van der Waals surface area contributed by atoms with Crippen LogP contribution in [-0.2, 0) is 14.3 Å². The first-order valence-electron chi connectivity index (χ1n) is 8.20. The highest BCUT2D eigenvalue weighted by Gasteiger charge is 2.16. The zero-order valence-electron chi connectivity index (χ0n) is 15.2. The molecule has 1 aromatic rings. The Hall–Kier alpha value is -2.81. The van der Waals surface area contributed by atoms with Gasteiger partial charge in [0.25, 0.3) is 5.91 Å². The monoisotopic (exact) mass is 393 g/mol. The largest absolute Gasteiger partial charge is 0.452 e. The topological polar surface area (TPSA) is 114 Å². The molecule has 0 aliphatic rings. The second-order valence-electron chi connectivity index (χ2n) is 5.63. The van der Waals surface area contributed by atoms with Crippen molar-refractivity contribution < 1.29 is 23.9 Å². The summed E-state index contributed by atoms with van der Waals surface area (Å²) in [6, 6.07) is 5.93. The van der Waals surface area contributed by atoms with Crippen LogP contribution in [0, 0.1) is 0 Å². The fraction of sp³-hybridized carbons (Fsp3) is 0.333. The van der Waals surface area contributed by atoms with Crippen LogP contribution in [-0.4, -0.2) is 48.8 Å². The van der Waals surface area contributed by atoms with Crippen molar-refractivity contribution in [2.75, 3.05) is 18.9 Å². The molecule has 3 N–H and O–H groups in total. The second-order valence-corrected chi connectivity index (χ2v) is 6.65. The van der Waals surface area contributed by atoms with Crippen LogP contribution in [0.1, 0.15) is 24.2 Å². The van der Waals surface area contributed by atoms with Crippen LogP contribution >= 0.6 is 11.8 Å². The van der Waals surface area contributed by atoms with Gasteiger partial charge in [0, 0.05) is 17.5 Å². The predicted molar refractivity (Wildman–Crippen MR) is 102 cm³/mol. The highest BCUT2D eigenvalue weighted by Crippen LogP contribution is 2.23. The first-order valence-corrected chi connectivity index (χ1v) is 9.19. The second kappa shape index (κ2) is 11.7. The molecule has 0 spiro atoms. The number of carbonyl (C=O) groups is 4. The van der Waals surface area contributed by atoms with Gasteiger partial charge in [0.1, 0.15) is 0 Å². The number of urea groups is 1. The molecular formula is C18H23N3O5S. The average molecular weight is 393 g/mol. The smallest absolute Gasteiger partial charge is 0.339 e. The first kappa shape index (κ1) is 22.2. The van der Waals surface area contributed by atoms with E-state index in [1.165, 1.54) is 17.8 Å². The maximum absolute atomic E-state index is 12.2. The van der Waals surface area contributed by atoms with E-state index in [2.05, 4.69) is 17.2 Å². The molecule has 0 aliphatic heterocycles. The summed E-state index contributed by atoms with van der Waals surface area (Å²) in [6.07, 6.45) is 1.46. The Labute approximate surface area is 162 Å². The zero-order valence-corrected chi connectivity index (χ0v) is 16.1. The molecular weight excluding hydrogens is 370 g/mol. The van der Waals surface area contributed by atoms with E-state index in [0.717, 1.165) is 0 Å². The SMILES string of the molecule is C=CCNC(=O)NC(=O)COC(=O)c1ccccc1SCC(=O)NC(C)C. The fourth-order valence-electron chi connectivity index (χ4n) is 1.85. The molecule has 0 aliphatic carbocycles. The van der Waals surface area contributed by atoms with Gasteiger partial charge in [-0.2, -0.15) is 0 Å². The van der Waals surface area contributed by atoms with Gasteiger partial charge < -0.3 is 15.4 Å². The van der Waals surface area contributed by atoms with Crippen molar-refractivity contribution >= 4 is 35.6 Å². The van der Waals surface area contributed by atoms with E-state index in [0.29, 0.717) is 4.90 Å². The third-order valence-corrected chi connectivity index (χ3v) is 3.98. The summed E-state index contributed by atoms with van der Waals surface area (Å²) in [7, 11) is 0. The number of ether oxygens (including phenoxy) is 1. The van der Waals surface area contributed by atoms with Crippen molar-refractivity contribution in [3.05, 3.63) is 42.5 Å². The molecule has 9 heteroatoms. The minimum atomic E-state index is -0.758. The van der Waals surface area contributed by atoms with Crippen LogP contribution in [0.15, 0.2) is 41.8 Å². The number of thioether (sulfide) groups is 1. The number of amides is 4. The minimum Gasteiger partial charge on any atom is -0.452 e. The van der Waals surface area contributed by atoms with Crippen LogP contribution in [0.25, 0.3) is 0 Å². The summed E-state index contributed by atoms with van der Waals surface area (Å²) < 4.78 is 4.94. The lowest BCUT2D eigenvalue weighted by atomic mass is 10.2. The molecule has 0 unspecified atom stereocenters. The highest BCUT2D eigenvalue weighted by molar-refractivity contribution is 8.00. The quantitative estimate of drug-likeness (QED) is 0.333. The van der Waals surface area contributed by atoms with Crippen LogP contribution < -0.4 is 16.0 Å². The van der Waals surface area contributed by atoms with Gasteiger partial charge in [0.05, 0.1) is 11.3 Å². The zero-order chi connectivity index (χ0) is 20.2. The van der Waals surface area contributed by atoms with Gasteiger partial charge in [-0.25, -0.2) is 9.59 Å². The fourth-order valence-corrected chi connectivity index (χ4v) is 2.70. The Balaban J connectivity index is 2.57. The summed E-state index contributed by atoms with van der Waals surface area (Å²) >= 11 is 1.19. The van der Waals surface area contributed by atoms with Gasteiger partial charge in [-0.05, 0) is 26.0 Å².